The van der Waals surface area contributed by atoms with Crippen molar-refractivity contribution in [1.29, 1.82) is 0 Å². The number of methoxy groups -OCH3 is 1. The molecule has 2 aliphatic rings. The summed E-state index contributed by atoms with van der Waals surface area (Å²) < 4.78 is 18.6. The second-order valence-corrected chi connectivity index (χ2v) is 10.9. The number of carbonyl (C=O) groups excluding carboxylic acids is 2. The Morgan fingerprint density at radius 2 is 2.03 bits per heavy atom. The van der Waals surface area contributed by atoms with Crippen molar-refractivity contribution in [1.82, 2.24) is 19.6 Å². The van der Waals surface area contributed by atoms with E-state index in [0.717, 1.165) is 48.0 Å². The smallest absolute Gasteiger partial charge is 0.410 e. The van der Waals surface area contributed by atoms with Crippen LogP contribution in [0.2, 0.25) is 0 Å². The molecule has 36 heavy (non-hydrogen) atoms. The number of carbonyl (C=O) groups is 2. The second kappa shape index (κ2) is 10.8. The molecule has 9 heteroatoms. The van der Waals surface area contributed by atoms with Crippen molar-refractivity contribution in [2.24, 2.45) is 0 Å². The van der Waals surface area contributed by atoms with Crippen molar-refractivity contribution in [3.63, 3.8) is 0 Å². The van der Waals surface area contributed by atoms with E-state index in [-0.39, 0.29) is 24.5 Å². The number of aromatic nitrogens is 2. The van der Waals surface area contributed by atoms with Gasteiger partial charge in [-0.25, -0.2) is 4.79 Å². The van der Waals surface area contributed by atoms with Crippen LogP contribution in [0.25, 0.3) is 10.9 Å². The first-order valence-electron chi connectivity index (χ1n) is 13.0. The van der Waals surface area contributed by atoms with E-state index in [0.29, 0.717) is 19.8 Å². The van der Waals surface area contributed by atoms with E-state index in [4.69, 9.17) is 19.3 Å². The Kier molecular flexibility index (Phi) is 7.90. The molecule has 2 fully saturated rings. The minimum Gasteiger partial charge on any atom is -0.444 e. The van der Waals surface area contributed by atoms with Crippen LogP contribution in [0, 0.1) is 6.92 Å². The Morgan fingerprint density at radius 3 is 2.69 bits per heavy atom. The molecular formula is C27H40N4O5. The lowest BCUT2D eigenvalue weighted by atomic mass is 10.0. The Bertz CT molecular complexity index is 1090. The molecule has 9 nitrogen and oxygen atoms in total. The number of ether oxygens (including phenoxy) is 3. The highest BCUT2D eigenvalue weighted by atomic mass is 16.6. The molecule has 1 aliphatic carbocycles. The van der Waals surface area contributed by atoms with Crippen molar-refractivity contribution in [2.75, 3.05) is 33.4 Å². The molecule has 4 rings (SSSR count). The van der Waals surface area contributed by atoms with Gasteiger partial charge in [0.2, 0.25) is 0 Å². The van der Waals surface area contributed by atoms with Crippen LogP contribution in [0.15, 0.2) is 18.2 Å². The van der Waals surface area contributed by atoms with E-state index in [9.17, 15) is 9.59 Å². The summed E-state index contributed by atoms with van der Waals surface area (Å²) in [6, 6.07) is 6.42. The summed E-state index contributed by atoms with van der Waals surface area (Å²) in [7, 11) is 1.71. The highest BCUT2D eigenvalue weighted by molar-refractivity contribution is 5.85. The zero-order valence-electron chi connectivity index (χ0n) is 22.5. The average molecular weight is 501 g/mol. The van der Waals surface area contributed by atoms with Crippen LogP contribution in [0.1, 0.15) is 64.3 Å². The predicted molar refractivity (Wildman–Crippen MR) is 137 cm³/mol. The van der Waals surface area contributed by atoms with E-state index < -0.39 is 17.8 Å². The van der Waals surface area contributed by atoms with E-state index >= 15 is 0 Å². The maximum absolute atomic E-state index is 13.7. The number of morpholine rings is 1. The summed E-state index contributed by atoms with van der Waals surface area (Å²) in [5, 5.41) is 5.85. The molecule has 1 unspecified atom stereocenters. The normalized spacial score (nSPS) is 19.4. The summed E-state index contributed by atoms with van der Waals surface area (Å²) in [6.07, 6.45) is 1.74. The topological polar surface area (TPSA) is 86.1 Å². The lowest BCUT2D eigenvalue weighted by molar-refractivity contribution is -0.151. The Hall–Kier alpha value is -2.65. The van der Waals surface area contributed by atoms with Gasteiger partial charge in [-0.05, 0) is 65.5 Å². The molecular weight excluding hydrogens is 460 g/mol. The molecule has 1 aromatic carbocycles. The number of aryl methyl sites for hydroxylation is 2. The predicted octanol–water partition coefficient (Wildman–Crippen LogP) is 4.07. The molecule has 1 aliphatic heterocycles. The van der Waals surface area contributed by atoms with E-state index in [1.54, 1.807) is 12.0 Å². The molecule has 2 heterocycles. The van der Waals surface area contributed by atoms with Gasteiger partial charge in [-0.3, -0.25) is 9.48 Å². The minimum atomic E-state index is -0.695. The SMILES string of the molecule is COCCCn1nc(C)c2ccc(C(C)N(C(=O)[C@H]3CN(C(=O)OC(C)(C)C)CCO3)C3CC3)cc21. The average Bonchev–Trinajstić information content (AvgIpc) is 3.62. The quantitative estimate of drug-likeness (QED) is 0.508. The van der Waals surface area contributed by atoms with Crippen LogP contribution < -0.4 is 0 Å². The first kappa shape index (κ1) is 26.4. The number of hydrogen-bond acceptors (Lipinski definition) is 6. The van der Waals surface area contributed by atoms with Gasteiger partial charge >= 0.3 is 6.09 Å². The summed E-state index contributed by atoms with van der Waals surface area (Å²) in [6.45, 7) is 12.0. The van der Waals surface area contributed by atoms with E-state index in [2.05, 4.69) is 25.1 Å². The molecule has 1 aromatic heterocycles. The summed E-state index contributed by atoms with van der Waals surface area (Å²) in [4.78, 5) is 29.9. The monoisotopic (exact) mass is 500 g/mol. The molecule has 2 amide bonds. The number of rotatable bonds is 8. The largest absolute Gasteiger partial charge is 0.444 e. The van der Waals surface area contributed by atoms with Gasteiger partial charge in [0, 0.05) is 38.2 Å². The number of hydrogen-bond donors (Lipinski definition) is 0. The molecule has 0 spiro atoms. The number of fused-ring (bicyclic) bond motifs is 1. The highest BCUT2D eigenvalue weighted by Gasteiger charge is 2.42. The number of nitrogens with zero attached hydrogens (tertiary/aromatic N) is 4. The summed E-state index contributed by atoms with van der Waals surface area (Å²) in [5.74, 6) is -0.0665. The lowest BCUT2D eigenvalue weighted by Crippen LogP contribution is -2.54. The maximum Gasteiger partial charge on any atom is 0.410 e. The summed E-state index contributed by atoms with van der Waals surface area (Å²) >= 11 is 0. The molecule has 1 saturated carbocycles. The van der Waals surface area contributed by atoms with Crippen molar-refractivity contribution >= 4 is 22.9 Å². The van der Waals surface area contributed by atoms with Crippen molar-refractivity contribution < 1.29 is 23.8 Å². The molecule has 1 saturated heterocycles. The van der Waals surface area contributed by atoms with Gasteiger partial charge in [0.15, 0.2) is 6.10 Å². The van der Waals surface area contributed by atoms with Gasteiger partial charge in [0.25, 0.3) is 5.91 Å². The van der Waals surface area contributed by atoms with Crippen LogP contribution >= 0.6 is 0 Å². The first-order valence-corrected chi connectivity index (χ1v) is 13.0. The summed E-state index contributed by atoms with van der Waals surface area (Å²) in [5.41, 5.74) is 2.54. The molecule has 2 atom stereocenters. The molecule has 0 bridgehead atoms. The van der Waals surface area contributed by atoms with E-state index in [1.165, 1.54) is 0 Å². The lowest BCUT2D eigenvalue weighted by Gasteiger charge is -2.37. The third kappa shape index (κ3) is 6.00. The maximum atomic E-state index is 13.7. The first-order chi connectivity index (χ1) is 17.1. The third-order valence-corrected chi connectivity index (χ3v) is 6.77. The fourth-order valence-corrected chi connectivity index (χ4v) is 4.80. The standard InChI is InChI=1S/C27H40N4O5/c1-18-22-11-8-20(16-23(22)30(28-18)12-7-14-34-6)19(2)31(21-9-10-21)25(32)24-17-29(13-15-35-24)26(33)36-27(3,4)5/h8,11,16,19,21,24H,7,9-10,12-15,17H2,1-6H3/t19?,24-/m1/s1. The number of benzene rings is 1. The van der Waals surface area contributed by atoms with Gasteiger partial charge in [0.05, 0.1) is 30.4 Å². The van der Waals surface area contributed by atoms with Gasteiger partial charge in [-0.2, -0.15) is 5.10 Å². The zero-order chi connectivity index (χ0) is 26.0. The molecule has 0 N–H and O–H groups in total. The van der Waals surface area contributed by atoms with Crippen LogP contribution in [-0.2, 0) is 25.5 Å². The van der Waals surface area contributed by atoms with Crippen molar-refractivity contribution in [2.45, 2.75) is 84.2 Å². The van der Waals surface area contributed by atoms with Gasteiger partial charge in [-0.15, -0.1) is 0 Å². The van der Waals surface area contributed by atoms with Gasteiger partial charge in [0.1, 0.15) is 5.60 Å². The Morgan fingerprint density at radius 1 is 1.28 bits per heavy atom. The molecule has 198 valence electrons. The van der Waals surface area contributed by atoms with Crippen LogP contribution in [0.3, 0.4) is 0 Å². The van der Waals surface area contributed by atoms with Crippen molar-refractivity contribution in [3.8, 4) is 0 Å². The highest BCUT2D eigenvalue weighted by Crippen LogP contribution is 2.36. The second-order valence-electron chi connectivity index (χ2n) is 10.9. The number of amides is 2. The van der Waals surface area contributed by atoms with Crippen LogP contribution in [0.5, 0.6) is 0 Å². The van der Waals surface area contributed by atoms with Crippen molar-refractivity contribution in [3.05, 3.63) is 29.5 Å². The van der Waals surface area contributed by atoms with Gasteiger partial charge < -0.3 is 24.0 Å². The van der Waals surface area contributed by atoms with E-state index in [1.807, 2.05) is 37.3 Å². The van der Waals surface area contributed by atoms with Crippen LogP contribution in [-0.4, -0.2) is 82.7 Å². The van der Waals surface area contributed by atoms with Gasteiger partial charge in [-0.1, -0.05) is 12.1 Å². The minimum absolute atomic E-state index is 0.0665. The zero-order valence-corrected chi connectivity index (χ0v) is 22.5. The Balaban J connectivity index is 1.53. The Labute approximate surface area is 213 Å². The third-order valence-electron chi connectivity index (χ3n) is 6.77. The fraction of sp³-hybridized carbons (Fsp3) is 0.667. The fourth-order valence-electron chi connectivity index (χ4n) is 4.80. The van der Waals surface area contributed by atoms with Crippen LogP contribution in [0.4, 0.5) is 4.79 Å². The molecule has 0 radical (unpaired) electrons. The molecule has 2 aromatic rings.